The van der Waals surface area contributed by atoms with Crippen molar-refractivity contribution >= 4 is 10.0 Å². The second-order valence-electron chi connectivity index (χ2n) is 4.06. The third kappa shape index (κ3) is 3.18. The molecule has 5 nitrogen and oxygen atoms in total. The smallest absolute Gasteiger partial charge is 0.240 e. The maximum atomic E-state index is 12.0. The van der Waals surface area contributed by atoms with Gasteiger partial charge in [-0.25, -0.2) is 13.1 Å². The second-order valence-corrected chi connectivity index (χ2v) is 5.78. The minimum Gasteiger partial charge on any atom is -0.271 e. The van der Waals surface area contributed by atoms with Crippen LogP contribution >= 0.6 is 0 Å². The summed E-state index contributed by atoms with van der Waals surface area (Å²) < 4.78 is 28.4. The van der Waals surface area contributed by atoms with Crippen molar-refractivity contribution in [2.45, 2.75) is 24.4 Å². The molecule has 1 N–H and O–H groups in total. The Morgan fingerprint density at radius 3 is 2.61 bits per heavy atom. The number of aromatic nitrogens is 2. The molecule has 0 unspecified atom stereocenters. The van der Waals surface area contributed by atoms with Crippen molar-refractivity contribution in [3.05, 3.63) is 48.8 Å². The third-order valence-corrected chi connectivity index (χ3v) is 4.04. The quantitative estimate of drug-likeness (QED) is 0.885. The normalized spacial score (nSPS) is 13.4. The van der Waals surface area contributed by atoms with Crippen LogP contribution in [0.2, 0.25) is 0 Å². The van der Waals surface area contributed by atoms with Crippen LogP contribution in [-0.2, 0) is 16.6 Å². The first kappa shape index (κ1) is 12.8. The zero-order valence-electron chi connectivity index (χ0n) is 10.0. The summed E-state index contributed by atoms with van der Waals surface area (Å²) >= 11 is 0. The summed E-state index contributed by atoms with van der Waals surface area (Å²) in [6.45, 7) is 2.31. The lowest BCUT2D eigenvalue weighted by Gasteiger charge is -2.14. The van der Waals surface area contributed by atoms with Crippen molar-refractivity contribution in [1.29, 1.82) is 0 Å². The van der Waals surface area contributed by atoms with Crippen molar-refractivity contribution in [1.82, 2.24) is 14.5 Å². The standard InChI is InChI=1S/C12H15N3O2S/c1-11(10-15-9-5-8-13-15)14-18(16,17)12-6-3-2-4-7-12/h2-9,11,14H,10H2,1H3/t11-/m1/s1. The van der Waals surface area contributed by atoms with E-state index in [1.807, 2.05) is 6.92 Å². The molecule has 0 radical (unpaired) electrons. The summed E-state index contributed by atoms with van der Waals surface area (Å²) in [7, 11) is -3.45. The van der Waals surface area contributed by atoms with Crippen molar-refractivity contribution in [2.24, 2.45) is 0 Å². The van der Waals surface area contributed by atoms with Crippen LogP contribution < -0.4 is 4.72 Å². The molecule has 0 aliphatic heterocycles. The summed E-state index contributed by atoms with van der Waals surface area (Å²) in [5.74, 6) is 0. The molecule has 0 aliphatic rings. The molecule has 0 spiro atoms. The molecule has 1 aromatic carbocycles. The monoisotopic (exact) mass is 265 g/mol. The van der Waals surface area contributed by atoms with Crippen LogP contribution in [0.15, 0.2) is 53.7 Å². The van der Waals surface area contributed by atoms with Gasteiger partial charge in [-0.2, -0.15) is 5.10 Å². The van der Waals surface area contributed by atoms with Gasteiger partial charge in [0.1, 0.15) is 0 Å². The number of nitrogens with zero attached hydrogens (tertiary/aromatic N) is 2. The van der Waals surface area contributed by atoms with Crippen LogP contribution in [0, 0.1) is 0 Å². The van der Waals surface area contributed by atoms with Gasteiger partial charge in [0.05, 0.1) is 11.4 Å². The lowest BCUT2D eigenvalue weighted by Crippen LogP contribution is -2.35. The summed E-state index contributed by atoms with van der Waals surface area (Å²) in [6.07, 6.45) is 3.46. The van der Waals surface area contributed by atoms with Gasteiger partial charge in [-0.15, -0.1) is 0 Å². The highest BCUT2D eigenvalue weighted by molar-refractivity contribution is 7.89. The summed E-state index contributed by atoms with van der Waals surface area (Å²) in [5, 5.41) is 4.04. The molecule has 2 aromatic rings. The Labute approximate surface area is 107 Å². The Morgan fingerprint density at radius 2 is 2.00 bits per heavy atom. The van der Waals surface area contributed by atoms with E-state index in [4.69, 9.17) is 0 Å². The molecule has 0 bridgehead atoms. The van der Waals surface area contributed by atoms with Crippen molar-refractivity contribution in [2.75, 3.05) is 0 Å². The van der Waals surface area contributed by atoms with Crippen LogP contribution in [0.5, 0.6) is 0 Å². The van der Waals surface area contributed by atoms with Gasteiger partial charge < -0.3 is 0 Å². The first-order chi connectivity index (χ1) is 8.58. The number of hydrogen-bond donors (Lipinski definition) is 1. The van der Waals surface area contributed by atoms with E-state index in [9.17, 15) is 8.42 Å². The number of benzene rings is 1. The Hall–Kier alpha value is -1.66. The lowest BCUT2D eigenvalue weighted by atomic mass is 10.4. The first-order valence-electron chi connectivity index (χ1n) is 5.63. The number of sulfonamides is 1. The topological polar surface area (TPSA) is 64.0 Å². The molecule has 2 rings (SSSR count). The van der Waals surface area contributed by atoms with E-state index in [-0.39, 0.29) is 10.9 Å². The van der Waals surface area contributed by atoms with Gasteiger partial charge in [-0.05, 0) is 25.1 Å². The van der Waals surface area contributed by atoms with Gasteiger partial charge in [0.25, 0.3) is 0 Å². The molecule has 18 heavy (non-hydrogen) atoms. The average molecular weight is 265 g/mol. The van der Waals surface area contributed by atoms with Crippen LogP contribution in [0.1, 0.15) is 6.92 Å². The van der Waals surface area contributed by atoms with Gasteiger partial charge in [0.2, 0.25) is 10.0 Å². The van der Waals surface area contributed by atoms with E-state index >= 15 is 0 Å². The lowest BCUT2D eigenvalue weighted by molar-refractivity contribution is 0.494. The Bertz CT molecular complexity index is 579. The highest BCUT2D eigenvalue weighted by Gasteiger charge is 2.16. The number of rotatable bonds is 5. The van der Waals surface area contributed by atoms with Gasteiger partial charge >= 0.3 is 0 Å². The van der Waals surface area contributed by atoms with E-state index < -0.39 is 10.0 Å². The van der Waals surface area contributed by atoms with Crippen LogP contribution in [0.25, 0.3) is 0 Å². The first-order valence-corrected chi connectivity index (χ1v) is 7.11. The number of nitrogens with one attached hydrogen (secondary N) is 1. The van der Waals surface area contributed by atoms with E-state index in [0.717, 1.165) is 0 Å². The van der Waals surface area contributed by atoms with Crippen LogP contribution in [0.3, 0.4) is 0 Å². The maximum Gasteiger partial charge on any atom is 0.240 e. The molecule has 0 fully saturated rings. The van der Waals surface area contributed by atoms with Crippen LogP contribution in [0.4, 0.5) is 0 Å². The Morgan fingerprint density at radius 1 is 1.28 bits per heavy atom. The van der Waals surface area contributed by atoms with Crippen molar-refractivity contribution in [3.8, 4) is 0 Å². The zero-order chi connectivity index (χ0) is 13.0. The van der Waals surface area contributed by atoms with Gasteiger partial charge in [0, 0.05) is 18.4 Å². The van der Waals surface area contributed by atoms with Gasteiger partial charge in [-0.1, -0.05) is 18.2 Å². The molecule has 0 amide bonds. The molecule has 1 atom stereocenters. The second kappa shape index (κ2) is 5.32. The van der Waals surface area contributed by atoms with Crippen LogP contribution in [-0.4, -0.2) is 24.2 Å². The molecular weight excluding hydrogens is 250 g/mol. The molecule has 6 heteroatoms. The van der Waals surface area contributed by atoms with Crippen molar-refractivity contribution in [3.63, 3.8) is 0 Å². The molecule has 0 aliphatic carbocycles. The van der Waals surface area contributed by atoms with E-state index in [0.29, 0.717) is 6.54 Å². The largest absolute Gasteiger partial charge is 0.271 e. The number of hydrogen-bond acceptors (Lipinski definition) is 3. The summed E-state index contributed by atoms with van der Waals surface area (Å²) in [6, 6.07) is 9.91. The summed E-state index contributed by atoms with van der Waals surface area (Å²) in [4.78, 5) is 0.275. The van der Waals surface area contributed by atoms with Gasteiger partial charge in [-0.3, -0.25) is 4.68 Å². The third-order valence-electron chi connectivity index (χ3n) is 2.43. The highest BCUT2D eigenvalue weighted by Crippen LogP contribution is 2.08. The predicted octanol–water partition coefficient (Wildman–Crippen LogP) is 1.25. The molecule has 0 saturated heterocycles. The van der Waals surface area contributed by atoms with Gasteiger partial charge in [0.15, 0.2) is 0 Å². The minimum atomic E-state index is -3.45. The van der Waals surface area contributed by atoms with Crippen molar-refractivity contribution < 1.29 is 8.42 Å². The average Bonchev–Trinajstić information content (AvgIpc) is 2.82. The molecule has 1 heterocycles. The molecule has 0 saturated carbocycles. The minimum absolute atomic E-state index is 0.227. The fraction of sp³-hybridized carbons (Fsp3) is 0.250. The highest BCUT2D eigenvalue weighted by atomic mass is 32.2. The molecular formula is C12H15N3O2S. The van der Waals surface area contributed by atoms with E-state index in [1.54, 1.807) is 53.5 Å². The molecule has 96 valence electrons. The zero-order valence-corrected chi connectivity index (χ0v) is 10.8. The Balaban J connectivity index is 2.05. The predicted molar refractivity (Wildman–Crippen MR) is 68.5 cm³/mol. The maximum absolute atomic E-state index is 12.0. The summed E-state index contributed by atoms with van der Waals surface area (Å²) in [5.41, 5.74) is 0. The Kier molecular flexibility index (Phi) is 3.78. The van der Waals surface area contributed by atoms with E-state index in [1.165, 1.54) is 0 Å². The van der Waals surface area contributed by atoms with E-state index in [2.05, 4.69) is 9.82 Å². The SMILES string of the molecule is C[C@H](Cn1cccn1)NS(=O)(=O)c1ccccc1. The fourth-order valence-electron chi connectivity index (χ4n) is 1.66. The molecule has 1 aromatic heterocycles. The fourth-order valence-corrected chi connectivity index (χ4v) is 2.91.